The summed E-state index contributed by atoms with van der Waals surface area (Å²) in [6.07, 6.45) is 0. The fourth-order valence-electron chi connectivity index (χ4n) is 3.82. The molecule has 3 heterocycles. The van der Waals surface area contributed by atoms with Crippen molar-refractivity contribution in [1.82, 2.24) is 14.9 Å². The number of nitrogens with zero attached hydrogens (tertiary/aromatic N) is 2. The molecule has 2 N–H and O–H groups in total. The maximum atomic E-state index is 12.9. The molecule has 0 bridgehead atoms. The van der Waals surface area contributed by atoms with Crippen LogP contribution in [0.3, 0.4) is 0 Å². The number of hydrogen-bond donors (Lipinski definition) is 2. The summed E-state index contributed by atoms with van der Waals surface area (Å²) in [7, 11) is 0. The Morgan fingerprint density at radius 3 is 2.35 bits per heavy atom. The van der Waals surface area contributed by atoms with Crippen LogP contribution in [0, 0.1) is 0 Å². The van der Waals surface area contributed by atoms with Gasteiger partial charge in [0.05, 0.1) is 17.6 Å². The van der Waals surface area contributed by atoms with Crippen LogP contribution >= 0.6 is 11.3 Å². The maximum Gasteiger partial charge on any atom is 0.246 e. The number of rotatable bonds is 6. The lowest BCUT2D eigenvalue weighted by Crippen LogP contribution is -2.21. The molecule has 2 amide bonds. The van der Waals surface area contributed by atoms with Crippen molar-refractivity contribution in [1.29, 1.82) is 0 Å². The monoisotopic (exact) mass is 472 g/mol. The van der Waals surface area contributed by atoms with Gasteiger partial charge in [-0.1, -0.05) is 24.3 Å². The van der Waals surface area contributed by atoms with Crippen LogP contribution in [-0.4, -0.2) is 21.4 Å². The fourth-order valence-corrected chi connectivity index (χ4v) is 4.53. The first kappa shape index (κ1) is 21.6. The van der Waals surface area contributed by atoms with Gasteiger partial charge in [-0.25, -0.2) is 4.98 Å². The quantitative estimate of drug-likeness (QED) is 0.361. The topological polar surface area (TPSA) is 106 Å². The van der Waals surface area contributed by atoms with Gasteiger partial charge < -0.3 is 19.6 Å². The van der Waals surface area contributed by atoms with Gasteiger partial charge in [0, 0.05) is 23.1 Å². The molecule has 3 aromatic heterocycles. The summed E-state index contributed by atoms with van der Waals surface area (Å²) in [4.78, 5) is 41.4. The Hall–Kier alpha value is -4.24. The molecule has 0 aliphatic carbocycles. The number of carbonyl (C=O) groups excluding carboxylic acids is 2. The van der Waals surface area contributed by atoms with E-state index in [0.717, 1.165) is 0 Å². The Morgan fingerprint density at radius 2 is 1.68 bits per heavy atom. The van der Waals surface area contributed by atoms with E-state index in [1.165, 1.54) is 18.3 Å². The van der Waals surface area contributed by atoms with Gasteiger partial charge in [-0.2, -0.15) is 0 Å². The number of amides is 2. The molecule has 0 atom stereocenters. The molecule has 0 radical (unpaired) electrons. The second kappa shape index (κ2) is 8.95. The molecule has 0 fully saturated rings. The van der Waals surface area contributed by atoms with E-state index in [-0.39, 0.29) is 23.8 Å². The third-order valence-electron chi connectivity index (χ3n) is 5.36. The van der Waals surface area contributed by atoms with Gasteiger partial charge in [-0.3, -0.25) is 14.4 Å². The summed E-state index contributed by atoms with van der Waals surface area (Å²) in [6.45, 7) is 1.76. The number of furan rings is 1. The number of benzene rings is 2. The summed E-state index contributed by atoms with van der Waals surface area (Å²) in [6, 6.07) is 18.1. The summed E-state index contributed by atoms with van der Waals surface area (Å²) >= 11 is 1.29. The zero-order valence-corrected chi connectivity index (χ0v) is 19.0. The molecule has 9 heteroatoms. The normalized spacial score (nSPS) is 11.1. The van der Waals surface area contributed by atoms with Crippen LogP contribution in [0.2, 0.25) is 0 Å². The fraction of sp³-hybridized carbons (Fsp3) is 0.120. The molecular formula is C25H20N4O4S. The summed E-state index contributed by atoms with van der Waals surface area (Å²) in [5.74, 6) is 0.765. The average Bonchev–Trinajstić information content (AvgIpc) is 3.50. The van der Waals surface area contributed by atoms with E-state index in [9.17, 15) is 14.4 Å². The van der Waals surface area contributed by atoms with Crippen LogP contribution in [-0.2, 0) is 22.7 Å². The Kier molecular flexibility index (Phi) is 5.69. The predicted molar refractivity (Wildman–Crippen MR) is 132 cm³/mol. The number of para-hydroxylation sites is 2. The molecular weight excluding hydrogens is 452 g/mol. The lowest BCUT2D eigenvalue weighted by Gasteiger charge is -2.14. The summed E-state index contributed by atoms with van der Waals surface area (Å²) < 4.78 is 7.57. The molecule has 0 unspecified atom stereocenters. The van der Waals surface area contributed by atoms with E-state index in [4.69, 9.17) is 4.42 Å². The highest BCUT2D eigenvalue weighted by Crippen LogP contribution is 2.27. The predicted octanol–water partition coefficient (Wildman–Crippen LogP) is 4.15. The van der Waals surface area contributed by atoms with Crippen molar-refractivity contribution in [2.45, 2.75) is 20.0 Å². The second-order valence-electron chi connectivity index (χ2n) is 7.71. The first-order chi connectivity index (χ1) is 16.5. The van der Waals surface area contributed by atoms with Gasteiger partial charge >= 0.3 is 0 Å². The van der Waals surface area contributed by atoms with Crippen LogP contribution in [0.25, 0.3) is 33.3 Å². The molecule has 0 saturated heterocycles. The lowest BCUT2D eigenvalue weighted by atomic mass is 10.1. The minimum absolute atomic E-state index is 0.0256. The highest BCUT2D eigenvalue weighted by Gasteiger charge is 2.15. The molecule has 0 saturated carbocycles. The third-order valence-corrected chi connectivity index (χ3v) is 6.11. The highest BCUT2D eigenvalue weighted by molar-refractivity contribution is 7.14. The number of aromatic nitrogens is 2. The second-order valence-corrected chi connectivity index (χ2v) is 8.57. The Morgan fingerprint density at radius 1 is 1.00 bits per heavy atom. The maximum absolute atomic E-state index is 12.9. The van der Waals surface area contributed by atoms with Gasteiger partial charge in [-0.15, -0.1) is 11.3 Å². The van der Waals surface area contributed by atoms with Gasteiger partial charge in [0.15, 0.2) is 16.3 Å². The van der Waals surface area contributed by atoms with Crippen LogP contribution in [0.4, 0.5) is 5.13 Å². The number of pyridine rings is 1. The van der Waals surface area contributed by atoms with Crippen molar-refractivity contribution >= 4 is 50.1 Å². The molecule has 170 valence electrons. The number of fused-ring (bicyclic) bond motifs is 2. The zero-order valence-electron chi connectivity index (χ0n) is 18.2. The molecule has 5 rings (SSSR count). The van der Waals surface area contributed by atoms with Crippen molar-refractivity contribution in [2.24, 2.45) is 0 Å². The highest BCUT2D eigenvalue weighted by atomic mass is 32.1. The van der Waals surface area contributed by atoms with Gasteiger partial charge in [0.2, 0.25) is 11.8 Å². The van der Waals surface area contributed by atoms with Crippen molar-refractivity contribution < 1.29 is 14.0 Å². The molecule has 34 heavy (non-hydrogen) atoms. The summed E-state index contributed by atoms with van der Waals surface area (Å²) in [5, 5.41) is 8.89. The number of nitrogens with one attached hydrogen (secondary N) is 2. The molecule has 8 nitrogen and oxygen atoms in total. The summed E-state index contributed by atoms with van der Waals surface area (Å²) in [5.41, 5.74) is 1.93. The molecule has 0 aliphatic rings. The van der Waals surface area contributed by atoms with Gasteiger partial charge in [-0.05, 0) is 36.4 Å². The molecule has 5 aromatic rings. The first-order valence-electron chi connectivity index (χ1n) is 10.6. The average molecular weight is 473 g/mol. The zero-order chi connectivity index (χ0) is 23.7. The lowest BCUT2D eigenvalue weighted by molar-refractivity contribution is -0.119. The van der Waals surface area contributed by atoms with E-state index in [1.54, 1.807) is 29.6 Å². The van der Waals surface area contributed by atoms with E-state index < -0.39 is 0 Å². The minimum Gasteiger partial charge on any atom is -0.458 e. The van der Waals surface area contributed by atoms with E-state index in [0.29, 0.717) is 50.7 Å². The van der Waals surface area contributed by atoms with Crippen molar-refractivity contribution in [3.8, 4) is 11.5 Å². The van der Waals surface area contributed by atoms with Gasteiger partial charge in [0.25, 0.3) is 0 Å². The number of carbonyl (C=O) groups is 2. The Balaban J connectivity index is 1.38. The van der Waals surface area contributed by atoms with E-state index in [2.05, 4.69) is 15.6 Å². The number of anilines is 1. The largest absolute Gasteiger partial charge is 0.458 e. The molecule has 0 aliphatic heterocycles. The van der Waals surface area contributed by atoms with Crippen LogP contribution in [0.5, 0.6) is 0 Å². The SMILES string of the molecule is CC(=O)NCc1ccc(-c2csc(NC(=O)Cn3c4ccccc4c(=O)c4ccccc43)n2)o1. The van der Waals surface area contributed by atoms with Crippen molar-refractivity contribution in [3.05, 3.63) is 82.0 Å². The number of hydrogen-bond acceptors (Lipinski definition) is 6. The molecule has 0 spiro atoms. The number of thiazole rings is 1. The van der Waals surface area contributed by atoms with Crippen LogP contribution in [0.1, 0.15) is 12.7 Å². The molecule has 2 aromatic carbocycles. The van der Waals surface area contributed by atoms with Crippen LogP contribution < -0.4 is 16.1 Å². The Labute approximate surface area is 197 Å². The standard InChI is InChI=1S/C25H20N4O4S/c1-15(30)26-12-16-10-11-22(33-16)19-14-34-25(27-19)28-23(31)13-29-20-8-4-2-6-17(20)24(32)18-7-3-5-9-21(18)29/h2-11,14H,12-13H2,1H3,(H,26,30)(H,27,28,31). The van der Waals surface area contributed by atoms with Crippen LogP contribution in [0.15, 0.2) is 75.3 Å². The van der Waals surface area contributed by atoms with Gasteiger partial charge in [0.1, 0.15) is 18.0 Å². The first-order valence-corrected chi connectivity index (χ1v) is 11.5. The van der Waals surface area contributed by atoms with Crippen molar-refractivity contribution in [2.75, 3.05) is 5.32 Å². The van der Waals surface area contributed by atoms with E-state index >= 15 is 0 Å². The minimum atomic E-state index is -0.259. The third kappa shape index (κ3) is 4.20. The van der Waals surface area contributed by atoms with Crippen molar-refractivity contribution in [3.63, 3.8) is 0 Å². The van der Waals surface area contributed by atoms with E-state index in [1.807, 2.05) is 41.0 Å². The smallest absolute Gasteiger partial charge is 0.246 e. The Bertz CT molecular complexity index is 1540.